The third-order valence-electron chi connectivity index (χ3n) is 4.69. The summed E-state index contributed by atoms with van der Waals surface area (Å²) in [4.78, 5) is 37.2. The molecule has 1 heterocycles. The number of hydrogen-bond donors (Lipinski definition) is 2. The lowest BCUT2D eigenvalue weighted by Gasteiger charge is -2.29. The minimum absolute atomic E-state index is 0.309. The normalized spacial score (nSPS) is 20.3. The standard InChI is InChI=1S/C18H23NO5S/c1-5-11-8-14(18(23)24-4)16(25-11)19-15(20)12-6-9(2)10(3)7-13(12)17(21)22/h8,12-13H,5-7H2,1-4H3,(H,19,20)(H,21,22)/t12-,13-/m1/s1. The van der Waals surface area contributed by atoms with Gasteiger partial charge in [0, 0.05) is 4.88 Å². The summed E-state index contributed by atoms with van der Waals surface area (Å²) in [5.74, 6) is -3.26. The fraction of sp³-hybridized carbons (Fsp3) is 0.500. The van der Waals surface area contributed by atoms with Gasteiger partial charge in [0.05, 0.1) is 24.5 Å². The van der Waals surface area contributed by atoms with Gasteiger partial charge in [-0.2, -0.15) is 0 Å². The van der Waals surface area contributed by atoms with E-state index in [9.17, 15) is 19.5 Å². The van der Waals surface area contributed by atoms with Gasteiger partial charge in [-0.05, 0) is 39.2 Å². The van der Waals surface area contributed by atoms with E-state index >= 15 is 0 Å². The third-order valence-corrected chi connectivity index (χ3v) is 5.89. The lowest BCUT2D eigenvalue weighted by Crippen LogP contribution is -2.36. The molecule has 1 aromatic rings. The number of ether oxygens (including phenoxy) is 1. The summed E-state index contributed by atoms with van der Waals surface area (Å²) in [5.41, 5.74) is 2.38. The molecule has 2 rings (SSSR count). The Bertz CT molecular complexity index is 734. The number of esters is 1. The second-order valence-electron chi connectivity index (χ2n) is 6.31. The highest BCUT2D eigenvalue weighted by Crippen LogP contribution is 2.36. The summed E-state index contributed by atoms with van der Waals surface area (Å²) in [7, 11) is 1.29. The number of methoxy groups -OCH3 is 1. The first-order chi connectivity index (χ1) is 11.8. The highest BCUT2D eigenvalue weighted by molar-refractivity contribution is 7.16. The zero-order valence-electron chi connectivity index (χ0n) is 14.8. The molecule has 0 saturated heterocycles. The Morgan fingerprint density at radius 3 is 2.36 bits per heavy atom. The van der Waals surface area contributed by atoms with Crippen molar-refractivity contribution in [3.63, 3.8) is 0 Å². The largest absolute Gasteiger partial charge is 0.481 e. The minimum Gasteiger partial charge on any atom is -0.481 e. The van der Waals surface area contributed by atoms with E-state index in [2.05, 4.69) is 5.32 Å². The predicted molar refractivity (Wildman–Crippen MR) is 95.9 cm³/mol. The number of nitrogens with one attached hydrogen (secondary N) is 1. The van der Waals surface area contributed by atoms with E-state index in [1.807, 2.05) is 20.8 Å². The van der Waals surface area contributed by atoms with Crippen LogP contribution < -0.4 is 5.32 Å². The van der Waals surface area contributed by atoms with Crippen LogP contribution in [0, 0.1) is 11.8 Å². The van der Waals surface area contributed by atoms with Crippen molar-refractivity contribution in [1.82, 2.24) is 0 Å². The van der Waals surface area contributed by atoms with E-state index in [0.717, 1.165) is 22.4 Å². The van der Waals surface area contributed by atoms with Crippen molar-refractivity contribution in [3.05, 3.63) is 27.7 Å². The van der Waals surface area contributed by atoms with Crippen LogP contribution in [0.15, 0.2) is 17.2 Å². The molecular weight excluding hydrogens is 342 g/mol. The van der Waals surface area contributed by atoms with Gasteiger partial charge in [0.25, 0.3) is 0 Å². The first-order valence-electron chi connectivity index (χ1n) is 8.18. The predicted octanol–water partition coefficient (Wildman–Crippen LogP) is 3.48. The number of carboxylic acids is 1. The zero-order chi connectivity index (χ0) is 18.7. The first-order valence-corrected chi connectivity index (χ1v) is 9.00. The number of carboxylic acid groups (broad SMARTS) is 1. The Morgan fingerprint density at radius 1 is 1.24 bits per heavy atom. The van der Waals surface area contributed by atoms with Crippen molar-refractivity contribution in [1.29, 1.82) is 0 Å². The maximum Gasteiger partial charge on any atom is 0.340 e. The number of amides is 1. The molecule has 1 aliphatic carbocycles. The Balaban J connectivity index is 2.28. The number of anilines is 1. The van der Waals surface area contributed by atoms with Crippen LogP contribution in [0.1, 0.15) is 48.8 Å². The summed E-state index contributed by atoms with van der Waals surface area (Å²) >= 11 is 1.31. The lowest BCUT2D eigenvalue weighted by atomic mass is 9.76. The number of aryl methyl sites for hydroxylation is 1. The second-order valence-corrected chi connectivity index (χ2v) is 7.45. The molecule has 2 N–H and O–H groups in total. The van der Waals surface area contributed by atoms with Crippen LogP contribution in [0.25, 0.3) is 0 Å². The molecule has 136 valence electrons. The van der Waals surface area contributed by atoms with Gasteiger partial charge in [0.15, 0.2) is 0 Å². The summed E-state index contributed by atoms with van der Waals surface area (Å²) in [5, 5.41) is 12.7. The number of allylic oxidation sites excluding steroid dienone is 2. The zero-order valence-corrected chi connectivity index (χ0v) is 15.7. The van der Waals surface area contributed by atoms with Crippen LogP contribution in [0.4, 0.5) is 5.00 Å². The van der Waals surface area contributed by atoms with Crippen LogP contribution in [0.3, 0.4) is 0 Å². The average Bonchev–Trinajstić information content (AvgIpc) is 2.98. The molecule has 0 bridgehead atoms. The van der Waals surface area contributed by atoms with Crippen molar-refractivity contribution < 1.29 is 24.2 Å². The summed E-state index contributed by atoms with van der Waals surface area (Å²) in [6.45, 7) is 5.78. The minimum atomic E-state index is -0.972. The molecule has 0 radical (unpaired) electrons. The van der Waals surface area contributed by atoms with Crippen LogP contribution in [-0.2, 0) is 20.7 Å². The van der Waals surface area contributed by atoms with Crippen molar-refractivity contribution in [2.75, 3.05) is 12.4 Å². The number of thiophene rings is 1. The molecule has 6 nitrogen and oxygen atoms in total. The Kier molecular flexibility index (Phi) is 6.00. The Morgan fingerprint density at radius 2 is 1.84 bits per heavy atom. The van der Waals surface area contributed by atoms with Crippen LogP contribution >= 0.6 is 11.3 Å². The number of carbonyl (C=O) groups excluding carboxylic acids is 2. The number of rotatable bonds is 5. The van der Waals surface area contributed by atoms with Gasteiger partial charge in [-0.15, -0.1) is 11.3 Å². The molecule has 0 unspecified atom stereocenters. The van der Waals surface area contributed by atoms with Crippen molar-refractivity contribution in [3.8, 4) is 0 Å². The topological polar surface area (TPSA) is 92.7 Å². The molecule has 0 aromatic carbocycles. The Hall–Kier alpha value is -2.15. The number of carbonyl (C=O) groups is 3. The van der Waals surface area contributed by atoms with Gasteiger partial charge < -0.3 is 15.2 Å². The summed E-state index contributed by atoms with van der Waals surface area (Å²) in [6, 6.07) is 1.71. The van der Waals surface area contributed by atoms with E-state index in [-0.39, 0.29) is 5.91 Å². The molecule has 0 spiro atoms. The molecule has 1 aromatic heterocycles. The Labute approximate surface area is 150 Å². The number of aliphatic carboxylic acids is 1. The van der Waals surface area contributed by atoms with Crippen LogP contribution in [-0.4, -0.2) is 30.1 Å². The molecule has 0 fully saturated rings. The number of hydrogen-bond acceptors (Lipinski definition) is 5. The summed E-state index contributed by atoms with van der Waals surface area (Å²) in [6.07, 6.45) is 1.51. The van der Waals surface area contributed by atoms with E-state index in [1.165, 1.54) is 18.4 Å². The molecule has 7 heteroatoms. The maximum absolute atomic E-state index is 12.8. The molecular formula is C18H23NO5S. The fourth-order valence-corrected chi connectivity index (χ4v) is 3.99. The van der Waals surface area contributed by atoms with Gasteiger partial charge in [-0.1, -0.05) is 18.1 Å². The monoisotopic (exact) mass is 365 g/mol. The average molecular weight is 365 g/mol. The van der Waals surface area contributed by atoms with E-state index in [0.29, 0.717) is 23.4 Å². The second kappa shape index (κ2) is 7.82. The molecule has 25 heavy (non-hydrogen) atoms. The van der Waals surface area contributed by atoms with Crippen molar-refractivity contribution >= 4 is 34.2 Å². The SMILES string of the molecule is CCc1cc(C(=O)OC)c(NC(=O)[C@@H]2CC(C)=C(C)C[C@H]2C(=O)O)s1. The van der Waals surface area contributed by atoms with E-state index < -0.39 is 23.8 Å². The van der Waals surface area contributed by atoms with Gasteiger partial charge in [-0.25, -0.2) is 4.79 Å². The van der Waals surface area contributed by atoms with Gasteiger partial charge in [0.2, 0.25) is 5.91 Å². The third kappa shape index (κ3) is 4.10. The lowest BCUT2D eigenvalue weighted by molar-refractivity contribution is -0.146. The molecule has 1 aliphatic rings. The van der Waals surface area contributed by atoms with Crippen LogP contribution in [0.2, 0.25) is 0 Å². The fourth-order valence-electron chi connectivity index (χ4n) is 3.00. The summed E-state index contributed by atoms with van der Waals surface area (Å²) < 4.78 is 4.77. The molecule has 1 amide bonds. The smallest absolute Gasteiger partial charge is 0.340 e. The van der Waals surface area contributed by atoms with Crippen molar-refractivity contribution in [2.45, 2.75) is 40.0 Å². The van der Waals surface area contributed by atoms with E-state index in [4.69, 9.17) is 4.74 Å². The molecule has 0 saturated carbocycles. The van der Waals surface area contributed by atoms with Crippen molar-refractivity contribution in [2.24, 2.45) is 11.8 Å². The van der Waals surface area contributed by atoms with Gasteiger partial charge >= 0.3 is 11.9 Å². The van der Waals surface area contributed by atoms with Crippen LogP contribution in [0.5, 0.6) is 0 Å². The van der Waals surface area contributed by atoms with E-state index in [1.54, 1.807) is 6.07 Å². The van der Waals surface area contributed by atoms with Gasteiger partial charge in [0.1, 0.15) is 5.00 Å². The highest BCUT2D eigenvalue weighted by Gasteiger charge is 2.37. The molecule has 2 atom stereocenters. The highest BCUT2D eigenvalue weighted by atomic mass is 32.1. The molecule has 0 aliphatic heterocycles. The first kappa shape index (κ1) is 19.2. The quantitative estimate of drug-likeness (QED) is 0.615. The maximum atomic E-state index is 12.8. The van der Waals surface area contributed by atoms with Gasteiger partial charge in [-0.3, -0.25) is 9.59 Å².